The number of methoxy groups -OCH3 is 1. The number of rotatable bonds is 7. The molecule has 0 aliphatic rings. The van der Waals surface area contributed by atoms with Gasteiger partial charge in [-0.3, -0.25) is 0 Å². The van der Waals surface area contributed by atoms with Crippen LogP contribution in [0.4, 0.5) is 0 Å². The zero-order valence-corrected chi connectivity index (χ0v) is 11.4. The van der Waals surface area contributed by atoms with E-state index in [1.54, 1.807) is 13.3 Å². The van der Waals surface area contributed by atoms with Crippen molar-refractivity contribution in [2.45, 2.75) is 32.5 Å². The zero-order chi connectivity index (χ0) is 13.5. The van der Waals surface area contributed by atoms with Gasteiger partial charge < -0.3 is 14.6 Å². The summed E-state index contributed by atoms with van der Waals surface area (Å²) in [5.41, 5.74) is 1.16. The van der Waals surface area contributed by atoms with Crippen molar-refractivity contribution in [2.24, 2.45) is 0 Å². The minimum absolute atomic E-state index is 0.427. The molecule has 0 radical (unpaired) electrons. The van der Waals surface area contributed by atoms with Crippen LogP contribution in [0.15, 0.2) is 37.1 Å². The van der Waals surface area contributed by atoms with Crippen LogP contribution in [0.1, 0.15) is 18.9 Å². The lowest BCUT2D eigenvalue weighted by Crippen LogP contribution is -2.31. The van der Waals surface area contributed by atoms with Gasteiger partial charge in [-0.2, -0.15) is 0 Å². The molecule has 5 nitrogen and oxygen atoms in total. The Morgan fingerprint density at radius 1 is 1.42 bits per heavy atom. The summed E-state index contributed by atoms with van der Waals surface area (Å²) in [6.45, 7) is 3.92. The maximum absolute atomic E-state index is 5.04. The van der Waals surface area contributed by atoms with E-state index in [9.17, 15) is 0 Å². The summed E-state index contributed by atoms with van der Waals surface area (Å²) in [6.07, 6.45) is 8.55. The molecule has 1 atom stereocenters. The Morgan fingerprint density at radius 2 is 2.32 bits per heavy atom. The molecular weight excluding hydrogens is 240 g/mol. The van der Waals surface area contributed by atoms with Crippen molar-refractivity contribution in [3.63, 3.8) is 0 Å². The molecule has 102 valence electrons. The highest BCUT2D eigenvalue weighted by Gasteiger charge is 2.06. The molecule has 0 aromatic carbocycles. The van der Waals surface area contributed by atoms with Gasteiger partial charge in [-0.15, -0.1) is 0 Å². The topological polar surface area (TPSA) is 52.0 Å². The Morgan fingerprint density at radius 3 is 2.89 bits per heavy atom. The van der Waals surface area contributed by atoms with Gasteiger partial charge in [0.15, 0.2) is 0 Å². The van der Waals surface area contributed by atoms with Crippen molar-refractivity contribution in [1.29, 1.82) is 0 Å². The van der Waals surface area contributed by atoms with Crippen molar-refractivity contribution >= 4 is 0 Å². The van der Waals surface area contributed by atoms with Gasteiger partial charge >= 0.3 is 0 Å². The second kappa shape index (κ2) is 6.89. The Bertz CT molecular complexity index is 467. The third kappa shape index (κ3) is 4.06. The highest BCUT2D eigenvalue weighted by atomic mass is 16.5. The summed E-state index contributed by atoms with van der Waals surface area (Å²) in [7, 11) is 1.62. The minimum Gasteiger partial charge on any atom is -0.481 e. The standard InChI is InChI=1S/C14H20N4O/c1-3-13(10-18-7-6-15-11-18)16-8-12-4-5-14(19-2)17-9-12/h4-7,9,11,13,16H,3,8,10H2,1-2H3/t13-/m0/s1. The number of nitrogens with one attached hydrogen (secondary N) is 1. The maximum atomic E-state index is 5.04. The van der Waals surface area contributed by atoms with E-state index in [2.05, 4.69) is 26.8 Å². The highest BCUT2D eigenvalue weighted by Crippen LogP contribution is 2.07. The van der Waals surface area contributed by atoms with Crippen LogP contribution in [0.3, 0.4) is 0 Å². The average Bonchev–Trinajstić information content (AvgIpc) is 2.97. The summed E-state index contributed by atoms with van der Waals surface area (Å²) >= 11 is 0. The highest BCUT2D eigenvalue weighted by molar-refractivity contribution is 5.17. The largest absolute Gasteiger partial charge is 0.481 e. The SMILES string of the molecule is CC[C@@H](Cn1ccnc1)NCc1ccc(OC)nc1. The quantitative estimate of drug-likeness (QED) is 0.825. The van der Waals surface area contributed by atoms with Crippen molar-refractivity contribution in [1.82, 2.24) is 19.9 Å². The molecule has 0 aliphatic heterocycles. The fourth-order valence-corrected chi connectivity index (χ4v) is 1.89. The number of aromatic nitrogens is 3. The first-order chi connectivity index (χ1) is 9.31. The van der Waals surface area contributed by atoms with Crippen LogP contribution in [0.2, 0.25) is 0 Å². The van der Waals surface area contributed by atoms with Gasteiger partial charge in [0.2, 0.25) is 5.88 Å². The van der Waals surface area contributed by atoms with E-state index < -0.39 is 0 Å². The van der Waals surface area contributed by atoms with Crippen molar-refractivity contribution in [3.05, 3.63) is 42.6 Å². The molecule has 0 saturated carbocycles. The molecule has 2 aromatic heterocycles. The first-order valence-corrected chi connectivity index (χ1v) is 6.50. The van der Waals surface area contributed by atoms with Gasteiger partial charge in [-0.25, -0.2) is 9.97 Å². The Hall–Kier alpha value is -1.88. The number of ether oxygens (including phenoxy) is 1. The van der Waals surface area contributed by atoms with E-state index in [1.165, 1.54) is 0 Å². The van der Waals surface area contributed by atoms with Gasteiger partial charge in [0.1, 0.15) is 0 Å². The molecule has 2 aromatic rings. The van der Waals surface area contributed by atoms with Gasteiger partial charge in [0, 0.05) is 43.8 Å². The predicted molar refractivity (Wildman–Crippen MR) is 73.9 cm³/mol. The van der Waals surface area contributed by atoms with E-state index in [-0.39, 0.29) is 0 Å². The summed E-state index contributed by atoms with van der Waals surface area (Å²) in [6, 6.07) is 4.34. The molecule has 0 spiro atoms. The molecule has 0 amide bonds. The van der Waals surface area contributed by atoms with Gasteiger partial charge in [0.25, 0.3) is 0 Å². The molecule has 19 heavy (non-hydrogen) atoms. The van der Waals surface area contributed by atoms with Crippen LogP contribution in [0.5, 0.6) is 5.88 Å². The monoisotopic (exact) mass is 260 g/mol. The van der Waals surface area contributed by atoms with Crippen molar-refractivity contribution in [2.75, 3.05) is 7.11 Å². The fraction of sp³-hybridized carbons (Fsp3) is 0.429. The van der Waals surface area contributed by atoms with E-state index in [0.717, 1.165) is 25.1 Å². The minimum atomic E-state index is 0.427. The first kappa shape index (κ1) is 13.5. The fourth-order valence-electron chi connectivity index (χ4n) is 1.89. The average molecular weight is 260 g/mol. The molecule has 5 heteroatoms. The number of pyridine rings is 1. The van der Waals surface area contributed by atoms with E-state index >= 15 is 0 Å². The zero-order valence-electron chi connectivity index (χ0n) is 11.4. The van der Waals surface area contributed by atoms with Crippen LogP contribution in [-0.4, -0.2) is 27.7 Å². The predicted octanol–water partition coefficient (Wildman–Crippen LogP) is 1.86. The second-order valence-electron chi connectivity index (χ2n) is 4.45. The van der Waals surface area contributed by atoms with Gasteiger partial charge in [0.05, 0.1) is 13.4 Å². The van der Waals surface area contributed by atoms with E-state index in [4.69, 9.17) is 4.74 Å². The van der Waals surface area contributed by atoms with E-state index in [1.807, 2.05) is 30.9 Å². The Balaban J connectivity index is 1.84. The number of nitrogens with zero attached hydrogens (tertiary/aromatic N) is 3. The van der Waals surface area contributed by atoms with Crippen LogP contribution in [0.25, 0.3) is 0 Å². The molecule has 0 bridgehead atoms. The molecule has 1 N–H and O–H groups in total. The summed E-state index contributed by atoms with van der Waals surface area (Å²) in [5.74, 6) is 0.647. The van der Waals surface area contributed by atoms with Gasteiger partial charge in [-0.1, -0.05) is 13.0 Å². The second-order valence-corrected chi connectivity index (χ2v) is 4.45. The molecule has 0 fully saturated rings. The van der Waals surface area contributed by atoms with Crippen molar-refractivity contribution in [3.8, 4) is 5.88 Å². The van der Waals surface area contributed by atoms with Gasteiger partial charge in [-0.05, 0) is 12.0 Å². The number of hydrogen-bond donors (Lipinski definition) is 1. The lowest BCUT2D eigenvalue weighted by atomic mass is 10.2. The van der Waals surface area contributed by atoms with Crippen molar-refractivity contribution < 1.29 is 4.74 Å². The van der Waals surface area contributed by atoms with Crippen LogP contribution in [-0.2, 0) is 13.1 Å². The summed E-state index contributed by atoms with van der Waals surface area (Å²) in [4.78, 5) is 8.26. The summed E-state index contributed by atoms with van der Waals surface area (Å²) < 4.78 is 7.13. The molecule has 0 unspecified atom stereocenters. The van der Waals surface area contributed by atoms with Crippen LogP contribution in [0, 0.1) is 0 Å². The normalized spacial score (nSPS) is 12.3. The molecular formula is C14H20N4O. The van der Waals surface area contributed by atoms with Crippen LogP contribution < -0.4 is 10.1 Å². The third-order valence-corrected chi connectivity index (χ3v) is 3.08. The summed E-state index contributed by atoms with van der Waals surface area (Å²) in [5, 5.41) is 3.53. The molecule has 0 aliphatic carbocycles. The third-order valence-electron chi connectivity index (χ3n) is 3.08. The first-order valence-electron chi connectivity index (χ1n) is 6.50. The number of imidazole rings is 1. The number of hydrogen-bond acceptors (Lipinski definition) is 4. The Labute approximate surface area is 113 Å². The lowest BCUT2D eigenvalue weighted by Gasteiger charge is -2.17. The van der Waals surface area contributed by atoms with E-state index in [0.29, 0.717) is 11.9 Å². The smallest absolute Gasteiger partial charge is 0.212 e. The Kier molecular flexibility index (Phi) is 4.92. The molecule has 2 heterocycles. The lowest BCUT2D eigenvalue weighted by molar-refractivity contribution is 0.397. The van der Waals surface area contributed by atoms with Crippen LogP contribution >= 0.6 is 0 Å². The molecule has 0 saturated heterocycles. The maximum Gasteiger partial charge on any atom is 0.212 e. The molecule has 2 rings (SSSR count).